The minimum Gasteiger partial charge on any atom is -0.380 e. The van der Waals surface area contributed by atoms with Crippen molar-refractivity contribution in [3.63, 3.8) is 0 Å². The van der Waals surface area contributed by atoms with Gasteiger partial charge in [0.25, 0.3) is 0 Å². The molecule has 1 N–H and O–H groups in total. The number of rotatable bonds is 7. The van der Waals surface area contributed by atoms with Crippen molar-refractivity contribution in [1.82, 2.24) is 10.2 Å². The third kappa shape index (κ3) is 4.94. The van der Waals surface area contributed by atoms with Crippen LogP contribution in [0.25, 0.3) is 0 Å². The highest BCUT2D eigenvalue weighted by Gasteiger charge is 2.27. The molecule has 2 rings (SSSR count). The molecule has 3 nitrogen and oxygen atoms in total. The zero-order chi connectivity index (χ0) is 12.1. The summed E-state index contributed by atoms with van der Waals surface area (Å²) >= 11 is 0. The third-order valence-corrected chi connectivity index (χ3v) is 4.01. The first kappa shape index (κ1) is 13.3. The lowest BCUT2D eigenvalue weighted by Crippen LogP contribution is -2.45. The van der Waals surface area contributed by atoms with E-state index in [1.165, 1.54) is 45.3 Å². The van der Waals surface area contributed by atoms with Crippen LogP contribution in [-0.2, 0) is 4.74 Å². The van der Waals surface area contributed by atoms with Gasteiger partial charge in [0.05, 0.1) is 6.61 Å². The highest BCUT2D eigenvalue weighted by molar-refractivity contribution is 4.83. The molecule has 0 aromatic carbocycles. The van der Waals surface area contributed by atoms with Crippen molar-refractivity contribution in [1.29, 1.82) is 0 Å². The van der Waals surface area contributed by atoms with E-state index in [0.717, 1.165) is 25.7 Å². The number of hydrogen-bond donors (Lipinski definition) is 1. The van der Waals surface area contributed by atoms with Crippen LogP contribution in [0.5, 0.6) is 0 Å². The third-order valence-electron chi connectivity index (χ3n) is 4.01. The molecule has 1 saturated heterocycles. The molecule has 1 aliphatic heterocycles. The van der Waals surface area contributed by atoms with Crippen LogP contribution in [0.1, 0.15) is 32.6 Å². The minimum absolute atomic E-state index is 0.462. The van der Waals surface area contributed by atoms with Gasteiger partial charge < -0.3 is 15.0 Å². The minimum atomic E-state index is 0.462. The normalized spacial score (nSPS) is 29.8. The summed E-state index contributed by atoms with van der Waals surface area (Å²) in [5, 5.41) is 3.51. The largest absolute Gasteiger partial charge is 0.380 e. The van der Waals surface area contributed by atoms with Crippen molar-refractivity contribution in [3.8, 4) is 0 Å². The summed E-state index contributed by atoms with van der Waals surface area (Å²) in [6, 6.07) is 0. The Labute approximate surface area is 106 Å². The maximum atomic E-state index is 5.69. The number of nitrogens with zero attached hydrogens (tertiary/aromatic N) is 1. The Morgan fingerprint density at radius 2 is 2.24 bits per heavy atom. The SMILES string of the molecule is CN(CCOCC1CC1)CC1(C)CCCNC1. The number of ether oxygens (including phenoxy) is 1. The fourth-order valence-corrected chi connectivity index (χ4v) is 2.74. The van der Waals surface area contributed by atoms with E-state index < -0.39 is 0 Å². The predicted octanol–water partition coefficient (Wildman–Crippen LogP) is 1.73. The van der Waals surface area contributed by atoms with E-state index in [4.69, 9.17) is 4.74 Å². The van der Waals surface area contributed by atoms with E-state index in [2.05, 4.69) is 24.2 Å². The van der Waals surface area contributed by atoms with Gasteiger partial charge in [-0.1, -0.05) is 6.92 Å². The first-order valence-corrected chi connectivity index (χ1v) is 7.15. The summed E-state index contributed by atoms with van der Waals surface area (Å²) in [7, 11) is 2.22. The van der Waals surface area contributed by atoms with Gasteiger partial charge in [0.1, 0.15) is 0 Å². The number of likely N-dealkylation sites (N-methyl/N-ethyl adjacent to an activating group) is 1. The molecule has 3 heteroatoms. The van der Waals surface area contributed by atoms with Gasteiger partial charge in [0.2, 0.25) is 0 Å². The average Bonchev–Trinajstić information content (AvgIpc) is 3.08. The first-order chi connectivity index (χ1) is 8.18. The van der Waals surface area contributed by atoms with Crippen molar-refractivity contribution >= 4 is 0 Å². The highest BCUT2D eigenvalue weighted by atomic mass is 16.5. The summed E-state index contributed by atoms with van der Waals surface area (Å²) in [4.78, 5) is 2.43. The summed E-state index contributed by atoms with van der Waals surface area (Å²) < 4.78 is 5.69. The smallest absolute Gasteiger partial charge is 0.0593 e. The first-order valence-electron chi connectivity index (χ1n) is 7.15. The number of piperidine rings is 1. The lowest BCUT2D eigenvalue weighted by Gasteiger charge is -2.37. The summed E-state index contributed by atoms with van der Waals surface area (Å²) in [6.45, 7) is 8.92. The lowest BCUT2D eigenvalue weighted by atomic mass is 9.82. The van der Waals surface area contributed by atoms with Gasteiger partial charge in [-0.25, -0.2) is 0 Å². The Hall–Kier alpha value is -0.120. The van der Waals surface area contributed by atoms with E-state index in [9.17, 15) is 0 Å². The van der Waals surface area contributed by atoms with E-state index in [1.807, 2.05) is 0 Å². The Kier molecular flexibility index (Phi) is 4.83. The van der Waals surface area contributed by atoms with Crippen molar-refractivity contribution in [2.75, 3.05) is 46.4 Å². The molecule has 1 unspecified atom stereocenters. The van der Waals surface area contributed by atoms with Crippen LogP contribution in [0.3, 0.4) is 0 Å². The van der Waals surface area contributed by atoms with E-state index in [1.54, 1.807) is 0 Å². The highest BCUT2D eigenvalue weighted by Crippen LogP contribution is 2.29. The molecule has 0 radical (unpaired) electrons. The monoisotopic (exact) mass is 240 g/mol. The van der Waals surface area contributed by atoms with E-state index >= 15 is 0 Å². The van der Waals surface area contributed by atoms with E-state index in [-0.39, 0.29) is 0 Å². The summed E-state index contributed by atoms with van der Waals surface area (Å²) in [6.07, 6.45) is 5.45. The van der Waals surface area contributed by atoms with Crippen LogP contribution < -0.4 is 5.32 Å². The van der Waals surface area contributed by atoms with Crippen LogP contribution in [0.4, 0.5) is 0 Å². The molecule has 1 aliphatic carbocycles. The van der Waals surface area contributed by atoms with Gasteiger partial charge in [-0.05, 0) is 50.6 Å². The summed E-state index contributed by atoms with van der Waals surface area (Å²) in [5.74, 6) is 0.889. The second-order valence-corrected chi connectivity index (χ2v) is 6.35. The maximum absolute atomic E-state index is 5.69. The maximum Gasteiger partial charge on any atom is 0.0593 e. The fraction of sp³-hybridized carbons (Fsp3) is 1.00. The molecular weight excluding hydrogens is 212 g/mol. The Morgan fingerprint density at radius 1 is 1.41 bits per heavy atom. The average molecular weight is 240 g/mol. The summed E-state index contributed by atoms with van der Waals surface area (Å²) in [5.41, 5.74) is 0.462. The van der Waals surface area contributed by atoms with Crippen LogP contribution >= 0.6 is 0 Å². The van der Waals surface area contributed by atoms with Crippen molar-refractivity contribution < 1.29 is 4.74 Å². The molecule has 0 amide bonds. The predicted molar refractivity (Wildman–Crippen MR) is 71.3 cm³/mol. The molecule has 0 aromatic heterocycles. The molecule has 0 bridgehead atoms. The molecule has 0 aromatic rings. The topological polar surface area (TPSA) is 24.5 Å². The quantitative estimate of drug-likeness (QED) is 0.686. The Balaban J connectivity index is 1.56. The lowest BCUT2D eigenvalue weighted by molar-refractivity contribution is 0.0834. The van der Waals surface area contributed by atoms with Gasteiger partial charge in [0, 0.05) is 26.2 Å². The second-order valence-electron chi connectivity index (χ2n) is 6.35. The van der Waals surface area contributed by atoms with Crippen molar-refractivity contribution in [2.24, 2.45) is 11.3 Å². The molecule has 1 saturated carbocycles. The van der Waals surface area contributed by atoms with Crippen LogP contribution in [0.2, 0.25) is 0 Å². The van der Waals surface area contributed by atoms with Gasteiger partial charge in [-0.2, -0.15) is 0 Å². The zero-order valence-electron chi connectivity index (χ0n) is 11.5. The Bertz CT molecular complexity index is 222. The molecule has 100 valence electrons. The molecular formula is C14H28N2O. The Morgan fingerprint density at radius 3 is 2.88 bits per heavy atom. The molecule has 17 heavy (non-hydrogen) atoms. The number of nitrogens with one attached hydrogen (secondary N) is 1. The second kappa shape index (κ2) is 6.17. The van der Waals surface area contributed by atoms with Crippen LogP contribution in [0.15, 0.2) is 0 Å². The van der Waals surface area contributed by atoms with Crippen LogP contribution in [-0.4, -0.2) is 51.3 Å². The van der Waals surface area contributed by atoms with Gasteiger partial charge in [-0.3, -0.25) is 0 Å². The molecule has 1 heterocycles. The van der Waals surface area contributed by atoms with Gasteiger partial charge in [-0.15, -0.1) is 0 Å². The van der Waals surface area contributed by atoms with E-state index in [0.29, 0.717) is 5.41 Å². The molecule has 2 aliphatic rings. The van der Waals surface area contributed by atoms with Gasteiger partial charge in [0.15, 0.2) is 0 Å². The van der Waals surface area contributed by atoms with Crippen molar-refractivity contribution in [3.05, 3.63) is 0 Å². The standard InChI is InChI=1S/C14H28N2O/c1-14(6-3-7-15-11-14)12-16(2)8-9-17-10-13-4-5-13/h13,15H,3-12H2,1-2H3. The molecule has 0 spiro atoms. The zero-order valence-corrected chi connectivity index (χ0v) is 11.5. The fourth-order valence-electron chi connectivity index (χ4n) is 2.74. The molecule has 2 fully saturated rings. The van der Waals surface area contributed by atoms with Gasteiger partial charge >= 0.3 is 0 Å². The molecule has 1 atom stereocenters. The van der Waals surface area contributed by atoms with Crippen LogP contribution in [0, 0.1) is 11.3 Å². The number of hydrogen-bond acceptors (Lipinski definition) is 3. The van der Waals surface area contributed by atoms with Crippen molar-refractivity contribution in [2.45, 2.75) is 32.6 Å².